The van der Waals surface area contributed by atoms with Crippen molar-refractivity contribution in [3.05, 3.63) is 35.8 Å². The third-order valence-electron chi connectivity index (χ3n) is 3.07. The Morgan fingerprint density at radius 2 is 2.05 bits per heavy atom. The summed E-state index contributed by atoms with van der Waals surface area (Å²) in [6, 6.07) is 4.00. The van der Waals surface area contributed by atoms with E-state index < -0.39 is 0 Å². The lowest BCUT2D eigenvalue weighted by atomic mass is 10.1. The van der Waals surface area contributed by atoms with E-state index in [-0.39, 0.29) is 0 Å². The Hall–Kier alpha value is -1.97. The van der Waals surface area contributed by atoms with Gasteiger partial charge in [0.05, 0.1) is 0 Å². The number of rotatable bonds is 5. The molecule has 0 aliphatic carbocycles. The summed E-state index contributed by atoms with van der Waals surface area (Å²) in [6.07, 6.45) is 6.67. The minimum absolute atomic E-state index is 0.787. The van der Waals surface area contributed by atoms with Crippen LogP contribution in [0.25, 0.3) is 11.4 Å². The second kappa shape index (κ2) is 6.27. The number of hydrogen-bond acceptors (Lipinski definition) is 4. The lowest BCUT2D eigenvalue weighted by Gasteiger charge is -2.10. The molecule has 4 heteroatoms. The monoisotopic (exact) mass is 256 g/mol. The van der Waals surface area contributed by atoms with E-state index in [0.29, 0.717) is 0 Å². The number of nitrogens with one attached hydrogen (secondary N) is 1. The Balaban J connectivity index is 2.51. The van der Waals surface area contributed by atoms with E-state index in [1.165, 1.54) is 5.56 Å². The molecule has 0 aromatic carbocycles. The molecule has 2 heterocycles. The molecule has 100 valence electrons. The smallest absolute Gasteiger partial charge is 0.162 e. The fourth-order valence-corrected chi connectivity index (χ4v) is 2.06. The molecule has 0 amide bonds. The zero-order chi connectivity index (χ0) is 13.7. The molecule has 2 rings (SSSR count). The topological polar surface area (TPSA) is 50.7 Å². The van der Waals surface area contributed by atoms with E-state index in [1.807, 2.05) is 25.4 Å². The normalized spacial score (nSPS) is 10.5. The van der Waals surface area contributed by atoms with Crippen LogP contribution in [0.2, 0.25) is 0 Å². The van der Waals surface area contributed by atoms with Gasteiger partial charge in [0, 0.05) is 36.8 Å². The largest absolute Gasteiger partial charge is 0.373 e. The molecule has 19 heavy (non-hydrogen) atoms. The highest BCUT2D eigenvalue weighted by molar-refractivity contribution is 5.61. The molecule has 2 aromatic heterocycles. The quantitative estimate of drug-likeness (QED) is 0.893. The molecular weight excluding hydrogens is 236 g/mol. The third kappa shape index (κ3) is 3.08. The van der Waals surface area contributed by atoms with Crippen molar-refractivity contribution >= 4 is 5.82 Å². The first-order valence-corrected chi connectivity index (χ1v) is 6.77. The zero-order valence-electron chi connectivity index (χ0n) is 11.8. The van der Waals surface area contributed by atoms with Gasteiger partial charge in [0.1, 0.15) is 5.82 Å². The van der Waals surface area contributed by atoms with E-state index in [4.69, 9.17) is 0 Å². The minimum Gasteiger partial charge on any atom is -0.373 e. The van der Waals surface area contributed by atoms with Gasteiger partial charge in [-0.2, -0.15) is 0 Å². The van der Waals surface area contributed by atoms with E-state index in [0.717, 1.165) is 42.2 Å². The molecule has 4 nitrogen and oxygen atoms in total. The second-order valence-electron chi connectivity index (χ2n) is 4.45. The van der Waals surface area contributed by atoms with Crippen molar-refractivity contribution in [3.63, 3.8) is 0 Å². The minimum atomic E-state index is 0.787. The van der Waals surface area contributed by atoms with Gasteiger partial charge < -0.3 is 5.32 Å². The van der Waals surface area contributed by atoms with Gasteiger partial charge in [0.25, 0.3) is 0 Å². The second-order valence-corrected chi connectivity index (χ2v) is 4.45. The number of anilines is 1. The van der Waals surface area contributed by atoms with Crippen molar-refractivity contribution in [1.29, 1.82) is 0 Å². The maximum atomic E-state index is 4.67. The standard InChI is InChI=1S/C15H20N4/c1-4-6-12-9-14(16-3)19-15(18-12)13-7-8-17-10-11(13)5-2/h7-10H,4-6H2,1-3H3,(H,16,18,19). The molecule has 0 unspecified atom stereocenters. The Kier molecular flexibility index (Phi) is 4.44. The van der Waals surface area contributed by atoms with Gasteiger partial charge in [0.2, 0.25) is 0 Å². The molecule has 0 spiro atoms. The fourth-order valence-electron chi connectivity index (χ4n) is 2.06. The maximum Gasteiger partial charge on any atom is 0.162 e. The van der Waals surface area contributed by atoms with Crippen LogP contribution in [-0.4, -0.2) is 22.0 Å². The Bertz CT molecular complexity index is 552. The highest BCUT2D eigenvalue weighted by atomic mass is 15.0. The number of aromatic nitrogens is 3. The zero-order valence-corrected chi connectivity index (χ0v) is 11.8. The molecule has 2 aromatic rings. The summed E-state index contributed by atoms with van der Waals surface area (Å²) in [4.78, 5) is 13.4. The molecule has 0 radical (unpaired) electrons. The predicted molar refractivity (Wildman–Crippen MR) is 78.2 cm³/mol. The van der Waals surface area contributed by atoms with Crippen LogP contribution in [0.1, 0.15) is 31.5 Å². The van der Waals surface area contributed by atoms with Crippen molar-refractivity contribution in [2.45, 2.75) is 33.1 Å². The number of nitrogens with zero attached hydrogens (tertiary/aromatic N) is 3. The molecular formula is C15H20N4. The van der Waals surface area contributed by atoms with Crippen LogP contribution in [0.15, 0.2) is 24.5 Å². The van der Waals surface area contributed by atoms with Gasteiger partial charge >= 0.3 is 0 Å². The number of pyridine rings is 1. The number of aryl methyl sites for hydroxylation is 2. The van der Waals surface area contributed by atoms with Gasteiger partial charge in [0.15, 0.2) is 5.82 Å². The van der Waals surface area contributed by atoms with Gasteiger partial charge in [-0.25, -0.2) is 9.97 Å². The summed E-state index contributed by atoms with van der Waals surface area (Å²) in [5.74, 6) is 1.65. The molecule has 0 fully saturated rings. The highest BCUT2D eigenvalue weighted by Crippen LogP contribution is 2.22. The molecule has 0 atom stereocenters. The molecule has 0 saturated carbocycles. The van der Waals surface area contributed by atoms with Gasteiger partial charge in [-0.3, -0.25) is 4.98 Å². The van der Waals surface area contributed by atoms with Crippen LogP contribution in [0.3, 0.4) is 0 Å². The van der Waals surface area contributed by atoms with Crippen LogP contribution in [0.5, 0.6) is 0 Å². The van der Waals surface area contributed by atoms with E-state index in [9.17, 15) is 0 Å². The first-order valence-electron chi connectivity index (χ1n) is 6.77. The van der Waals surface area contributed by atoms with Crippen LogP contribution in [0, 0.1) is 0 Å². The summed E-state index contributed by atoms with van der Waals surface area (Å²) in [7, 11) is 1.88. The highest BCUT2D eigenvalue weighted by Gasteiger charge is 2.09. The van der Waals surface area contributed by atoms with Crippen LogP contribution in [0.4, 0.5) is 5.82 Å². The van der Waals surface area contributed by atoms with E-state index >= 15 is 0 Å². The van der Waals surface area contributed by atoms with Crippen LogP contribution in [-0.2, 0) is 12.8 Å². The van der Waals surface area contributed by atoms with Crippen molar-refractivity contribution < 1.29 is 0 Å². The van der Waals surface area contributed by atoms with Crippen molar-refractivity contribution in [3.8, 4) is 11.4 Å². The van der Waals surface area contributed by atoms with Gasteiger partial charge in [-0.15, -0.1) is 0 Å². The SMILES string of the molecule is CCCc1cc(NC)nc(-c2ccncc2CC)n1. The third-order valence-corrected chi connectivity index (χ3v) is 3.07. The summed E-state index contributed by atoms with van der Waals surface area (Å²) in [6.45, 7) is 4.28. The summed E-state index contributed by atoms with van der Waals surface area (Å²) >= 11 is 0. The average molecular weight is 256 g/mol. The molecule has 0 aliphatic heterocycles. The summed E-state index contributed by atoms with van der Waals surface area (Å²) in [5.41, 5.74) is 3.33. The van der Waals surface area contributed by atoms with E-state index in [1.54, 1.807) is 6.20 Å². The Labute approximate surface area is 114 Å². The lowest BCUT2D eigenvalue weighted by molar-refractivity contribution is 0.875. The molecule has 0 bridgehead atoms. The number of hydrogen-bond donors (Lipinski definition) is 1. The van der Waals surface area contributed by atoms with Crippen molar-refractivity contribution in [1.82, 2.24) is 15.0 Å². The Morgan fingerprint density at radius 3 is 2.74 bits per heavy atom. The summed E-state index contributed by atoms with van der Waals surface area (Å²) in [5, 5.41) is 3.11. The molecule has 0 saturated heterocycles. The first kappa shape index (κ1) is 13.5. The van der Waals surface area contributed by atoms with Crippen molar-refractivity contribution in [2.75, 3.05) is 12.4 Å². The van der Waals surface area contributed by atoms with Gasteiger partial charge in [-0.1, -0.05) is 20.3 Å². The van der Waals surface area contributed by atoms with Crippen LogP contribution < -0.4 is 5.32 Å². The molecule has 0 aliphatic rings. The summed E-state index contributed by atoms with van der Waals surface area (Å²) < 4.78 is 0. The Morgan fingerprint density at radius 1 is 1.21 bits per heavy atom. The fraction of sp³-hybridized carbons (Fsp3) is 0.400. The molecule has 1 N–H and O–H groups in total. The van der Waals surface area contributed by atoms with E-state index in [2.05, 4.69) is 34.1 Å². The predicted octanol–water partition coefficient (Wildman–Crippen LogP) is 3.10. The van der Waals surface area contributed by atoms with Crippen LogP contribution >= 0.6 is 0 Å². The maximum absolute atomic E-state index is 4.67. The van der Waals surface area contributed by atoms with Gasteiger partial charge in [-0.05, 0) is 24.5 Å². The first-order chi connectivity index (χ1) is 9.28. The average Bonchev–Trinajstić information content (AvgIpc) is 2.47. The lowest BCUT2D eigenvalue weighted by Crippen LogP contribution is -2.02. The van der Waals surface area contributed by atoms with Crippen molar-refractivity contribution in [2.24, 2.45) is 0 Å².